The van der Waals surface area contributed by atoms with E-state index in [1.807, 2.05) is 37.3 Å². The summed E-state index contributed by atoms with van der Waals surface area (Å²) >= 11 is 7.27. The minimum Gasteiger partial charge on any atom is -0.506 e. The summed E-state index contributed by atoms with van der Waals surface area (Å²) in [6.07, 6.45) is 1.75. The molecule has 0 atom stereocenters. The van der Waals surface area contributed by atoms with Gasteiger partial charge in [-0.15, -0.1) is 0 Å². The van der Waals surface area contributed by atoms with Gasteiger partial charge in [-0.25, -0.2) is 4.99 Å². The lowest BCUT2D eigenvalue weighted by molar-refractivity contribution is -0.122. The van der Waals surface area contributed by atoms with Crippen LogP contribution in [-0.2, 0) is 9.53 Å². The number of hydrogen-bond acceptors (Lipinski definition) is 5. The fraction of sp³-hybridized carbons (Fsp3) is 0.200. The van der Waals surface area contributed by atoms with Crippen LogP contribution in [0, 0.1) is 0 Å². The van der Waals surface area contributed by atoms with E-state index < -0.39 is 0 Å². The second-order valence-corrected chi connectivity index (χ2v) is 7.12. The minimum atomic E-state index is -0.126. The summed E-state index contributed by atoms with van der Waals surface area (Å²) in [5.74, 6) is -0.118. The van der Waals surface area contributed by atoms with Gasteiger partial charge in [-0.1, -0.05) is 35.9 Å². The van der Waals surface area contributed by atoms with Crippen LogP contribution in [0.15, 0.2) is 58.4 Å². The van der Waals surface area contributed by atoms with Crippen LogP contribution in [0.1, 0.15) is 12.5 Å². The molecule has 0 spiro atoms. The van der Waals surface area contributed by atoms with Gasteiger partial charge in [-0.05, 0) is 54.6 Å². The van der Waals surface area contributed by atoms with Crippen molar-refractivity contribution in [3.8, 4) is 5.75 Å². The SMILES string of the molecule is CCOCCN1C(=O)/C(=C/c2ccc(O)c(Cl)c2)SC1=Nc1ccccc1. The molecule has 140 valence electrons. The Bertz CT molecular complexity index is 884. The minimum absolute atomic E-state index is 0.00823. The van der Waals surface area contributed by atoms with E-state index in [0.29, 0.717) is 29.8 Å². The van der Waals surface area contributed by atoms with E-state index in [9.17, 15) is 9.90 Å². The number of nitrogens with zero attached hydrogens (tertiary/aromatic N) is 2. The number of thioether (sulfide) groups is 1. The maximum atomic E-state index is 12.9. The Morgan fingerprint density at radius 2 is 2.04 bits per heavy atom. The zero-order chi connectivity index (χ0) is 19.2. The Morgan fingerprint density at radius 1 is 1.26 bits per heavy atom. The van der Waals surface area contributed by atoms with Crippen LogP contribution in [0.25, 0.3) is 6.08 Å². The molecule has 0 aromatic heterocycles. The van der Waals surface area contributed by atoms with Gasteiger partial charge in [0.05, 0.1) is 28.8 Å². The Kier molecular flexibility index (Phi) is 6.55. The van der Waals surface area contributed by atoms with E-state index >= 15 is 0 Å². The summed E-state index contributed by atoms with van der Waals surface area (Å²) in [5, 5.41) is 10.4. The first-order valence-corrected chi connectivity index (χ1v) is 9.69. The first-order valence-electron chi connectivity index (χ1n) is 8.50. The van der Waals surface area contributed by atoms with Crippen molar-refractivity contribution in [1.82, 2.24) is 4.90 Å². The van der Waals surface area contributed by atoms with Gasteiger partial charge in [0.2, 0.25) is 0 Å². The number of amides is 1. The third-order valence-electron chi connectivity index (χ3n) is 3.80. The van der Waals surface area contributed by atoms with Crippen molar-refractivity contribution in [2.75, 3.05) is 19.8 Å². The average Bonchev–Trinajstić information content (AvgIpc) is 2.94. The number of carbonyl (C=O) groups excluding carboxylic acids is 1. The standard InChI is InChI=1S/C20H19ClN2O3S/c1-2-26-11-10-23-19(25)18(13-14-8-9-17(24)16(21)12-14)27-20(23)22-15-6-4-3-5-7-15/h3-9,12-13,24H,2,10-11H2,1H3/b18-13-,22-20?. The Labute approximate surface area is 167 Å². The molecule has 0 bridgehead atoms. The number of phenolic OH excluding ortho intramolecular Hbond substituents is 1. The molecule has 0 unspecified atom stereocenters. The molecule has 2 aromatic rings. The van der Waals surface area contributed by atoms with E-state index in [1.165, 1.54) is 17.8 Å². The van der Waals surface area contributed by atoms with Gasteiger partial charge < -0.3 is 9.84 Å². The van der Waals surface area contributed by atoms with Crippen molar-refractivity contribution in [3.05, 3.63) is 64.0 Å². The van der Waals surface area contributed by atoms with Gasteiger partial charge in [0, 0.05) is 6.61 Å². The number of aliphatic imine (C=N–C) groups is 1. The fourth-order valence-electron chi connectivity index (χ4n) is 2.47. The molecule has 1 fully saturated rings. The molecule has 1 heterocycles. The summed E-state index contributed by atoms with van der Waals surface area (Å²) in [5.41, 5.74) is 1.52. The lowest BCUT2D eigenvalue weighted by Crippen LogP contribution is -2.32. The maximum Gasteiger partial charge on any atom is 0.266 e. The van der Waals surface area contributed by atoms with Gasteiger partial charge in [0.15, 0.2) is 5.17 Å². The van der Waals surface area contributed by atoms with Crippen molar-refractivity contribution < 1.29 is 14.6 Å². The molecule has 1 aliphatic rings. The molecule has 1 amide bonds. The third-order valence-corrected chi connectivity index (χ3v) is 5.11. The number of halogens is 1. The zero-order valence-corrected chi connectivity index (χ0v) is 16.3. The fourth-order valence-corrected chi connectivity index (χ4v) is 3.68. The monoisotopic (exact) mass is 402 g/mol. The average molecular weight is 403 g/mol. The Hall–Kier alpha value is -2.28. The first-order chi connectivity index (χ1) is 13.1. The second-order valence-electron chi connectivity index (χ2n) is 5.71. The van der Waals surface area contributed by atoms with Crippen LogP contribution in [0.2, 0.25) is 5.02 Å². The summed E-state index contributed by atoms with van der Waals surface area (Å²) in [6.45, 7) is 3.38. The molecule has 0 saturated carbocycles. The molecule has 1 N–H and O–H groups in total. The van der Waals surface area contributed by atoms with Crippen molar-refractivity contribution in [1.29, 1.82) is 0 Å². The molecule has 3 rings (SSSR count). The predicted octanol–water partition coefficient (Wildman–Crippen LogP) is 4.69. The predicted molar refractivity (Wildman–Crippen MR) is 110 cm³/mol. The molecule has 7 heteroatoms. The van der Waals surface area contributed by atoms with Gasteiger partial charge in [-0.2, -0.15) is 0 Å². The quantitative estimate of drug-likeness (QED) is 0.562. The number of carbonyl (C=O) groups is 1. The molecule has 5 nitrogen and oxygen atoms in total. The van der Waals surface area contributed by atoms with Crippen molar-refractivity contribution >= 4 is 46.2 Å². The number of benzene rings is 2. The lowest BCUT2D eigenvalue weighted by atomic mass is 10.2. The van der Waals surface area contributed by atoms with Crippen LogP contribution in [-0.4, -0.2) is 40.8 Å². The highest BCUT2D eigenvalue weighted by Crippen LogP contribution is 2.35. The number of hydrogen-bond donors (Lipinski definition) is 1. The highest BCUT2D eigenvalue weighted by atomic mass is 35.5. The van der Waals surface area contributed by atoms with Crippen LogP contribution in [0.5, 0.6) is 5.75 Å². The molecule has 0 aliphatic carbocycles. The van der Waals surface area contributed by atoms with E-state index in [-0.39, 0.29) is 16.7 Å². The molecule has 1 saturated heterocycles. The van der Waals surface area contributed by atoms with Crippen LogP contribution >= 0.6 is 23.4 Å². The number of ether oxygens (including phenoxy) is 1. The number of amidine groups is 1. The summed E-state index contributed by atoms with van der Waals surface area (Å²) in [4.78, 5) is 19.7. The summed E-state index contributed by atoms with van der Waals surface area (Å²) in [6, 6.07) is 14.3. The third kappa shape index (κ3) is 4.91. The van der Waals surface area contributed by atoms with Crippen LogP contribution in [0.3, 0.4) is 0 Å². The van der Waals surface area contributed by atoms with Gasteiger partial charge in [-0.3, -0.25) is 9.69 Å². The first kappa shape index (κ1) is 19.5. The summed E-state index contributed by atoms with van der Waals surface area (Å²) < 4.78 is 5.40. The lowest BCUT2D eigenvalue weighted by Gasteiger charge is -2.15. The van der Waals surface area contributed by atoms with Gasteiger partial charge >= 0.3 is 0 Å². The number of phenols is 1. The Balaban J connectivity index is 1.90. The molecule has 1 aliphatic heterocycles. The van der Waals surface area contributed by atoms with Crippen LogP contribution < -0.4 is 0 Å². The van der Waals surface area contributed by atoms with Crippen molar-refractivity contribution in [2.45, 2.75) is 6.92 Å². The topological polar surface area (TPSA) is 62.1 Å². The number of para-hydroxylation sites is 1. The number of aromatic hydroxyl groups is 1. The Morgan fingerprint density at radius 3 is 2.74 bits per heavy atom. The van der Waals surface area contributed by atoms with E-state index in [4.69, 9.17) is 16.3 Å². The van der Waals surface area contributed by atoms with Gasteiger partial charge in [0.25, 0.3) is 5.91 Å². The van der Waals surface area contributed by atoms with Crippen molar-refractivity contribution in [3.63, 3.8) is 0 Å². The smallest absolute Gasteiger partial charge is 0.266 e. The molecule has 0 radical (unpaired) electrons. The van der Waals surface area contributed by atoms with Crippen molar-refractivity contribution in [2.24, 2.45) is 4.99 Å². The highest BCUT2D eigenvalue weighted by Gasteiger charge is 2.33. The van der Waals surface area contributed by atoms with Crippen LogP contribution in [0.4, 0.5) is 5.69 Å². The zero-order valence-electron chi connectivity index (χ0n) is 14.8. The second kappa shape index (κ2) is 9.08. The number of rotatable bonds is 6. The largest absolute Gasteiger partial charge is 0.506 e. The molecule has 2 aromatic carbocycles. The highest BCUT2D eigenvalue weighted by molar-refractivity contribution is 8.18. The molecule has 27 heavy (non-hydrogen) atoms. The van der Waals surface area contributed by atoms with E-state index in [0.717, 1.165) is 11.3 Å². The molecular weight excluding hydrogens is 384 g/mol. The maximum absolute atomic E-state index is 12.9. The normalized spacial score (nSPS) is 17.3. The van der Waals surface area contributed by atoms with E-state index in [1.54, 1.807) is 23.1 Å². The van der Waals surface area contributed by atoms with E-state index in [2.05, 4.69) is 4.99 Å². The summed E-state index contributed by atoms with van der Waals surface area (Å²) in [7, 11) is 0. The van der Waals surface area contributed by atoms with Gasteiger partial charge in [0.1, 0.15) is 5.75 Å². The molecular formula is C20H19ClN2O3S.